The summed E-state index contributed by atoms with van der Waals surface area (Å²) in [5.41, 5.74) is 8.33. The van der Waals surface area contributed by atoms with Crippen molar-refractivity contribution in [2.24, 2.45) is 5.92 Å². The zero-order valence-corrected chi connectivity index (χ0v) is 23.7. The predicted octanol–water partition coefficient (Wildman–Crippen LogP) is 8.39. The number of hydrogen-bond donors (Lipinski definition) is 0. The van der Waals surface area contributed by atoms with Crippen LogP contribution in [-0.4, -0.2) is 6.66 Å². The molecule has 0 amide bonds. The van der Waals surface area contributed by atoms with E-state index in [4.69, 9.17) is 4.74 Å². The molecule has 168 valence electrons. The minimum absolute atomic E-state index is 0.267. The van der Waals surface area contributed by atoms with Gasteiger partial charge >= 0.3 is 92.4 Å². The Bertz CT molecular complexity index is 994. The van der Waals surface area contributed by atoms with E-state index < -0.39 is 0 Å². The SMILES string of the molecule is CC(C)=CC(=COc1ccccc1)c1ccccc1.CC1=C(C)C(C)[C]([Ti][SiH](C)C)=C1C. The quantitative estimate of drug-likeness (QED) is 0.230. The molecule has 2 aromatic carbocycles. The first kappa shape index (κ1) is 26.4. The fourth-order valence-corrected chi connectivity index (χ4v) is 10.5. The zero-order chi connectivity index (χ0) is 23.7. The molecule has 0 heterocycles. The molecule has 0 N–H and O–H groups in total. The van der Waals surface area contributed by atoms with Crippen molar-refractivity contribution < 1.29 is 23.1 Å². The van der Waals surface area contributed by atoms with Crippen molar-refractivity contribution in [2.45, 2.75) is 54.6 Å². The first-order valence-corrected chi connectivity index (χ1v) is 17.8. The fourth-order valence-electron chi connectivity index (χ4n) is 3.67. The summed E-state index contributed by atoms with van der Waals surface area (Å²) in [5, 5.41) is 0. The van der Waals surface area contributed by atoms with E-state index in [1.54, 1.807) is 23.0 Å². The third-order valence-electron chi connectivity index (χ3n) is 5.70. The summed E-state index contributed by atoms with van der Waals surface area (Å²) in [6.07, 6.45) is 3.93. The van der Waals surface area contributed by atoms with Crippen LogP contribution >= 0.6 is 0 Å². The van der Waals surface area contributed by atoms with Crippen LogP contribution < -0.4 is 4.74 Å². The van der Waals surface area contributed by atoms with Gasteiger partial charge in [-0.2, -0.15) is 0 Å². The zero-order valence-electron chi connectivity index (χ0n) is 21.0. The van der Waals surface area contributed by atoms with Crippen LogP contribution in [0.2, 0.25) is 13.1 Å². The summed E-state index contributed by atoms with van der Waals surface area (Å²) in [4.78, 5) is 0. The Hall–Kier alpha value is -1.87. The molecule has 0 fully saturated rings. The van der Waals surface area contributed by atoms with Crippen molar-refractivity contribution in [3.8, 4) is 5.75 Å². The van der Waals surface area contributed by atoms with Gasteiger partial charge in [0.2, 0.25) is 0 Å². The molecule has 1 aliphatic carbocycles. The van der Waals surface area contributed by atoms with Gasteiger partial charge in [-0.3, -0.25) is 0 Å². The molecule has 1 unspecified atom stereocenters. The molecular weight excluding hydrogens is 440 g/mol. The van der Waals surface area contributed by atoms with Crippen molar-refractivity contribution in [3.05, 3.63) is 105 Å². The van der Waals surface area contributed by atoms with Gasteiger partial charge in [0, 0.05) is 5.57 Å². The van der Waals surface area contributed by atoms with Crippen LogP contribution in [0.1, 0.15) is 47.1 Å². The molecule has 0 radical (unpaired) electrons. The molecule has 3 heteroatoms. The molecule has 0 saturated heterocycles. The molecule has 0 saturated carbocycles. The van der Waals surface area contributed by atoms with E-state index in [9.17, 15) is 0 Å². The van der Waals surface area contributed by atoms with E-state index in [-0.39, 0.29) is 25.1 Å². The normalized spacial score (nSPS) is 16.0. The number of benzene rings is 2. The van der Waals surface area contributed by atoms with Crippen LogP contribution in [0.5, 0.6) is 5.75 Å². The summed E-state index contributed by atoms with van der Waals surface area (Å²) >= 11 is 0.267. The van der Waals surface area contributed by atoms with Crippen LogP contribution in [-0.2, 0) is 18.4 Å². The van der Waals surface area contributed by atoms with Gasteiger partial charge in [-0.05, 0) is 31.5 Å². The Kier molecular flexibility index (Phi) is 10.7. The maximum atomic E-state index is 5.72. The molecule has 0 bridgehead atoms. The standard InChI is InChI=1S/C18H18O.C9H13.C2H7Si.Ti/c1-15(2)13-17(16-9-5-3-6-10-16)14-19-18-11-7-4-8-12-18;1-6-5-7(2)9(4)8(6)3;1-3-2;/h3-14H,1-2H3;6H,1-4H3;3H,1-2H3;. The van der Waals surface area contributed by atoms with E-state index in [2.05, 4.69) is 72.8 Å². The van der Waals surface area contributed by atoms with E-state index in [0.29, 0.717) is 0 Å². The topological polar surface area (TPSA) is 9.23 Å². The Morgan fingerprint density at radius 1 is 0.875 bits per heavy atom. The Morgan fingerprint density at radius 3 is 1.91 bits per heavy atom. The second-order valence-electron chi connectivity index (χ2n) is 8.96. The molecule has 1 atom stereocenters. The van der Waals surface area contributed by atoms with Gasteiger partial charge in [-0.1, -0.05) is 60.2 Å². The maximum absolute atomic E-state index is 5.72. The van der Waals surface area contributed by atoms with Crippen LogP contribution in [0.4, 0.5) is 0 Å². The molecule has 1 nitrogen and oxygen atoms in total. The Labute approximate surface area is 205 Å². The van der Waals surface area contributed by atoms with Gasteiger partial charge in [0.05, 0.1) is 6.26 Å². The predicted molar refractivity (Wildman–Crippen MR) is 140 cm³/mol. The molecule has 1 aliphatic rings. The number of ether oxygens (including phenoxy) is 1. The van der Waals surface area contributed by atoms with Crippen molar-refractivity contribution >= 4 is 12.2 Å². The van der Waals surface area contributed by atoms with Crippen LogP contribution in [0, 0.1) is 5.92 Å². The second kappa shape index (κ2) is 13.0. The molecule has 2 aromatic rings. The van der Waals surface area contributed by atoms with E-state index in [0.717, 1.165) is 22.8 Å². The van der Waals surface area contributed by atoms with Crippen LogP contribution in [0.3, 0.4) is 0 Å². The van der Waals surface area contributed by atoms with Crippen molar-refractivity contribution in [3.63, 3.8) is 0 Å². The Morgan fingerprint density at radius 2 is 1.44 bits per heavy atom. The first-order valence-electron chi connectivity index (χ1n) is 11.5. The number of para-hydroxylation sites is 1. The molecule has 0 aliphatic heterocycles. The van der Waals surface area contributed by atoms with Crippen molar-refractivity contribution in [1.82, 2.24) is 0 Å². The minimum atomic E-state index is -0.315. The van der Waals surface area contributed by atoms with Gasteiger partial charge in [0.15, 0.2) is 0 Å². The summed E-state index contributed by atoms with van der Waals surface area (Å²) in [6, 6.07) is 20.0. The number of hydrogen-bond acceptors (Lipinski definition) is 1. The summed E-state index contributed by atoms with van der Waals surface area (Å²) in [6.45, 7) is 18.2. The number of allylic oxidation sites excluding steroid dienone is 7. The monoisotopic (exact) mass is 478 g/mol. The molecule has 0 aromatic heterocycles. The van der Waals surface area contributed by atoms with Crippen molar-refractivity contribution in [1.29, 1.82) is 0 Å². The molecular formula is C29H38OSiTi. The molecule has 3 rings (SSSR count). The van der Waals surface area contributed by atoms with Crippen LogP contribution in [0.25, 0.3) is 5.57 Å². The van der Waals surface area contributed by atoms with Gasteiger partial charge in [-0.25, -0.2) is 0 Å². The average Bonchev–Trinajstić information content (AvgIpc) is 2.96. The van der Waals surface area contributed by atoms with Crippen molar-refractivity contribution in [2.75, 3.05) is 0 Å². The third kappa shape index (κ3) is 7.92. The number of rotatable bonds is 6. The van der Waals surface area contributed by atoms with Gasteiger partial charge < -0.3 is 4.74 Å². The summed E-state index contributed by atoms with van der Waals surface area (Å²) < 4.78 is 7.57. The van der Waals surface area contributed by atoms with E-state index in [1.807, 2.05) is 52.4 Å². The molecule has 0 spiro atoms. The van der Waals surface area contributed by atoms with Gasteiger partial charge in [-0.15, -0.1) is 0 Å². The fraction of sp³-hybridized carbons (Fsp3) is 0.310. The Balaban J connectivity index is 0.000000244. The van der Waals surface area contributed by atoms with E-state index >= 15 is 0 Å². The third-order valence-corrected chi connectivity index (χ3v) is 12.0. The molecule has 32 heavy (non-hydrogen) atoms. The van der Waals surface area contributed by atoms with Crippen LogP contribution in [0.15, 0.2) is 99.2 Å². The van der Waals surface area contributed by atoms with E-state index in [1.165, 1.54) is 5.57 Å². The summed E-state index contributed by atoms with van der Waals surface area (Å²) in [7, 11) is 0. The van der Waals surface area contributed by atoms with Gasteiger partial charge in [0.25, 0.3) is 0 Å². The van der Waals surface area contributed by atoms with Gasteiger partial charge in [0.1, 0.15) is 5.75 Å². The first-order chi connectivity index (χ1) is 15.2. The average molecular weight is 479 g/mol. The summed E-state index contributed by atoms with van der Waals surface area (Å²) in [5.74, 6) is 1.63. The second-order valence-corrected chi connectivity index (χ2v) is 19.2.